The Morgan fingerprint density at radius 2 is 2.09 bits per heavy atom. The summed E-state index contributed by atoms with van der Waals surface area (Å²) < 4.78 is 55.5. The van der Waals surface area contributed by atoms with Gasteiger partial charge in [0, 0.05) is 31.3 Å². The highest BCUT2D eigenvalue weighted by Gasteiger charge is 2.50. The zero-order chi connectivity index (χ0) is 22.8. The molecule has 1 aromatic carbocycles. The van der Waals surface area contributed by atoms with E-state index < -0.39 is 17.8 Å². The van der Waals surface area contributed by atoms with Crippen LogP contribution in [0.15, 0.2) is 10.5 Å². The second-order valence-electron chi connectivity index (χ2n) is 9.91. The molecule has 178 valence electrons. The third kappa shape index (κ3) is 3.64. The standard InChI is InChI=1S/C23H26BrF3N4O2/c24-17-15(26)7-14-19(16-9-23(33-16)4-1-5-28-11-23)29-21(30-20(14)18(17)27)32-12-22-3-2-6-31(22)10-13(25)8-22/h7,13,16,28H,1-6,8-12H2/t13-,16?,22+,23?/m1/s1. The molecule has 6 rings (SSSR count). The minimum Gasteiger partial charge on any atom is -0.461 e. The number of rotatable bonds is 4. The lowest BCUT2D eigenvalue weighted by molar-refractivity contribution is -0.217. The van der Waals surface area contributed by atoms with Gasteiger partial charge in [-0.25, -0.2) is 13.2 Å². The van der Waals surface area contributed by atoms with Gasteiger partial charge in [0.05, 0.1) is 21.3 Å². The molecule has 0 aliphatic carbocycles. The van der Waals surface area contributed by atoms with Crippen molar-refractivity contribution in [2.75, 3.05) is 32.8 Å². The lowest BCUT2D eigenvalue weighted by Crippen LogP contribution is -2.55. The van der Waals surface area contributed by atoms with Crippen molar-refractivity contribution in [2.24, 2.45) is 0 Å². The molecule has 4 aliphatic rings. The molecule has 4 atom stereocenters. The molecule has 2 unspecified atom stereocenters. The normalized spacial score (nSPS) is 34.1. The summed E-state index contributed by atoms with van der Waals surface area (Å²) in [7, 11) is 0. The number of hydrogen-bond donors (Lipinski definition) is 1. The van der Waals surface area contributed by atoms with Crippen LogP contribution in [-0.4, -0.2) is 65.0 Å². The van der Waals surface area contributed by atoms with Gasteiger partial charge in [0.1, 0.15) is 30.2 Å². The van der Waals surface area contributed by atoms with E-state index in [1.54, 1.807) is 0 Å². The fourth-order valence-corrected chi connectivity index (χ4v) is 6.43. The quantitative estimate of drug-likeness (QED) is 0.602. The molecule has 6 nitrogen and oxygen atoms in total. The molecule has 10 heteroatoms. The van der Waals surface area contributed by atoms with Gasteiger partial charge in [-0.2, -0.15) is 9.97 Å². The number of hydrogen-bond acceptors (Lipinski definition) is 6. The Hall–Kier alpha value is -1.49. The topological polar surface area (TPSA) is 59.5 Å². The molecule has 0 saturated carbocycles. The lowest BCUT2D eigenvalue weighted by atomic mass is 9.81. The maximum absolute atomic E-state index is 15.0. The first kappa shape index (κ1) is 22.0. The SMILES string of the molecule is Fc1cc2c(C3CC4(CCCNC4)O3)nc(OC[C@@]34CCCN3C[C@H](F)C4)nc2c(F)c1Br. The van der Waals surface area contributed by atoms with E-state index in [1.807, 2.05) is 0 Å². The van der Waals surface area contributed by atoms with Crippen molar-refractivity contribution >= 4 is 26.8 Å². The molecule has 1 N–H and O–H groups in total. The zero-order valence-corrected chi connectivity index (χ0v) is 19.8. The largest absolute Gasteiger partial charge is 0.461 e. The Morgan fingerprint density at radius 1 is 1.24 bits per heavy atom. The van der Waals surface area contributed by atoms with Gasteiger partial charge in [-0.05, 0) is 60.8 Å². The van der Waals surface area contributed by atoms with Crippen LogP contribution in [0.5, 0.6) is 6.01 Å². The molecule has 5 heterocycles. The van der Waals surface area contributed by atoms with Gasteiger partial charge in [0.25, 0.3) is 0 Å². The van der Waals surface area contributed by atoms with E-state index in [2.05, 4.69) is 36.1 Å². The summed E-state index contributed by atoms with van der Waals surface area (Å²) in [6.07, 6.45) is 3.68. The van der Waals surface area contributed by atoms with E-state index in [9.17, 15) is 8.78 Å². The number of piperidine rings is 1. The van der Waals surface area contributed by atoms with Crippen LogP contribution in [0.25, 0.3) is 10.9 Å². The van der Waals surface area contributed by atoms with Crippen molar-refractivity contribution < 1.29 is 22.6 Å². The van der Waals surface area contributed by atoms with Crippen molar-refractivity contribution in [2.45, 2.75) is 61.9 Å². The Kier molecular flexibility index (Phi) is 5.36. The summed E-state index contributed by atoms with van der Waals surface area (Å²) in [5.41, 5.74) is -0.195. The maximum atomic E-state index is 15.0. The van der Waals surface area contributed by atoms with E-state index in [4.69, 9.17) is 9.47 Å². The second-order valence-corrected chi connectivity index (χ2v) is 10.7. The summed E-state index contributed by atoms with van der Waals surface area (Å²) in [5.74, 6) is -1.51. The molecule has 0 bridgehead atoms. The molecule has 1 aromatic heterocycles. The highest BCUT2D eigenvalue weighted by molar-refractivity contribution is 9.10. The Morgan fingerprint density at radius 3 is 2.88 bits per heavy atom. The minimum absolute atomic E-state index is 0.00911. The van der Waals surface area contributed by atoms with Gasteiger partial charge in [-0.15, -0.1) is 0 Å². The Bertz CT molecular complexity index is 1090. The average molecular weight is 527 g/mol. The van der Waals surface area contributed by atoms with Crippen LogP contribution in [0.2, 0.25) is 0 Å². The molecule has 1 spiro atoms. The van der Waals surface area contributed by atoms with Crippen LogP contribution in [0, 0.1) is 11.6 Å². The number of halogens is 4. The van der Waals surface area contributed by atoms with Crippen LogP contribution >= 0.6 is 15.9 Å². The average Bonchev–Trinajstić information content (AvgIpc) is 3.30. The van der Waals surface area contributed by atoms with Gasteiger partial charge in [0.15, 0.2) is 5.82 Å². The van der Waals surface area contributed by atoms with Crippen molar-refractivity contribution in [1.82, 2.24) is 20.2 Å². The smallest absolute Gasteiger partial charge is 0.317 e. The summed E-state index contributed by atoms with van der Waals surface area (Å²) in [5, 5.41) is 3.64. The highest BCUT2D eigenvalue weighted by Crippen LogP contribution is 2.48. The highest BCUT2D eigenvalue weighted by atomic mass is 79.9. The number of nitrogens with zero attached hydrogens (tertiary/aromatic N) is 3. The van der Waals surface area contributed by atoms with E-state index in [-0.39, 0.29) is 45.2 Å². The van der Waals surface area contributed by atoms with E-state index in [0.29, 0.717) is 25.1 Å². The van der Waals surface area contributed by atoms with Gasteiger partial charge in [-0.1, -0.05) is 0 Å². The molecule has 0 amide bonds. The molecular formula is C23H26BrF3N4O2. The van der Waals surface area contributed by atoms with Gasteiger partial charge >= 0.3 is 6.01 Å². The number of aromatic nitrogens is 2. The molecule has 0 radical (unpaired) electrons. The lowest BCUT2D eigenvalue weighted by Gasteiger charge is -2.50. The van der Waals surface area contributed by atoms with Crippen LogP contribution in [0.3, 0.4) is 0 Å². The van der Waals surface area contributed by atoms with Crippen molar-refractivity contribution in [1.29, 1.82) is 0 Å². The fourth-order valence-electron chi connectivity index (χ4n) is 6.13. The summed E-state index contributed by atoms with van der Waals surface area (Å²) in [6.45, 7) is 3.22. The number of ether oxygens (including phenoxy) is 2. The van der Waals surface area contributed by atoms with Crippen LogP contribution in [0.1, 0.15) is 50.3 Å². The van der Waals surface area contributed by atoms with Crippen LogP contribution in [0.4, 0.5) is 13.2 Å². The maximum Gasteiger partial charge on any atom is 0.317 e. The van der Waals surface area contributed by atoms with Gasteiger partial charge in [-0.3, -0.25) is 4.90 Å². The Labute approximate surface area is 198 Å². The number of alkyl halides is 1. The summed E-state index contributed by atoms with van der Waals surface area (Å²) in [4.78, 5) is 11.0. The Balaban J connectivity index is 1.33. The van der Waals surface area contributed by atoms with Crippen molar-refractivity contribution in [3.63, 3.8) is 0 Å². The second kappa shape index (κ2) is 8.03. The predicted molar refractivity (Wildman–Crippen MR) is 119 cm³/mol. The molecule has 33 heavy (non-hydrogen) atoms. The van der Waals surface area contributed by atoms with Crippen LogP contribution < -0.4 is 10.1 Å². The van der Waals surface area contributed by atoms with E-state index >= 15 is 4.39 Å². The minimum atomic E-state index is -0.873. The van der Waals surface area contributed by atoms with E-state index in [0.717, 1.165) is 45.3 Å². The molecule has 4 fully saturated rings. The summed E-state index contributed by atoms with van der Waals surface area (Å²) >= 11 is 2.97. The molecule has 2 aromatic rings. The number of benzene rings is 1. The van der Waals surface area contributed by atoms with Crippen LogP contribution in [-0.2, 0) is 4.74 Å². The van der Waals surface area contributed by atoms with Gasteiger partial charge < -0.3 is 14.8 Å². The van der Waals surface area contributed by atoms with Gasteiger partial charge in [0.2, 0.25) is 0 Å². The molecule has 4 saturated heterocycles. The van der Waals surface area contributed by atoms with E-state index in [1.165, 1.54) is 6.07 Å². The first-order valence-corrected chi connectivity index (χ1v) is 12.4. The predicted octanol–water partition coefficient (Wildman–Crippen LogP) is 4.21. The third-order valence-corrected chi connectivity index (χ3v) is 8.48. The first-order valence-electron chi connectivity index (χ1n) is 11.6. The zero-order valence-electron chi connectivity index (χ0n) is 18.2. The molecule has 4 aliphatic heterocycles. The number of fused-ring (bicyclic) bond motifs is 2. The number of nitrogens with one attached hydrogen (secondary N) is 1. The first-order chi connectivity index (χ1) is 15.9. The molecular weight excluding hydrogens is 501 g/mol. The van der Waals surface area contributed by atoms with Crippen molar-refractivity contribution in [3.8, 4) is 6.01 Å². The summed E-state index contributed by atoms with van der Waals surface area (Å²) in [6, 6.07) is 1.27. The van der Waals surface area contributed by atoms with Crippen molar-refractivity contribution in [3.05, 3.63) is 27.9 Å². The fraction of sp³-hybridized carbons (Fsp3) is 0.652. The monoisotopic (exact) mass is 526 g/mol. The third-order valence-electron chi connectivity index (χ3n) is 7.75.